The van der Waals surface area contributed by atoms with Crippen LogP contribution in [0.3, 0.4) is 0 Å². The number of piperidine rings is 1. The molecule has 0 saturated carbocycles. The van der Waals surface area contributed by atoms with Gasteiger partial charge >= 0.3 is 0 Å². The van der Waals surface area contributed by atoms with Gasteiger partial charge in [0.15, 0.2) is 0 Å². The maximum Gasteiger partial charge on any atom is 0.253 e. The van der Waals surface area contributed by atoms with E-state index in [1.165, 1.54) is 0 Å². The normalized spacial score (nSPS) is 15.7. The molecular weight excluding hydrogens is 438 g/mol. The van der Waals surface area contributed by atoms with Crippen molar-refractivity contribution in [2.24, 2.45) is 0 Å². The predicted octanol–water partition coefficient (Wildman–Crippen LogP) is 5.15. The second-order valence-electron chi connectivity index (χ2n) is 9.06. The molecule has 35 heavy (non-hydrogen) atoms. The number of amides is 1. The summed E-state index contributed by atoms with van der Waals surface area (Å²) >= 11 is 0. The second-order valence-corrected chi connectivity index (χ2v) is 9.06. The van der Waals surface area contributed by atoms with E-state index in [9.17, 15) is 4.79 Å². The van der Waals surface area contributed by atoms with Gasteiger partial charge in [0, 0.05) is 55.9 Å². The van der Waals surface area contributed by atoms with E-state index < -0.39 is 0 Å². The number of benzene rings is 2. The monoisotopic (exact) mass is 467 g/mol. The van der Waals surface area contributed by atoms with Gasteiger partial charge in [-0.3, -0.25) is 9.78 Å². The molecule has 1 saturated heterocycles. The van der Waals surface area contributed by atoms with Crippen LogP contribution in [0.15, 0.2) is 73.3 Å². The average molecular weight is 468 g/mol. The zero-order valence-electron chi connectivity index (χ0n) is 20.1. The Hall–Kier alpha value is -4.00. The van der Waals surface area contributed by atoms with Crippen molar-refractivity contribution in [2.75, 3.05) is 13.1 Å². The molecule has 7 nitrogen and oxygen atoms in total. The van der Waals surface area contributed by atoms with E-state index in [-0.39, 0.29) is 11.8 Å². The van der Waals surface area contributed by atoms with Gasteiger partial charge in [-0.1, -0.05) is 24.3 Å². The predicted molar refractivity (Wildman–Crippen MR) is 134 cm³/mol. The highest BCUT2D eigenvalue weighted by molar-refractivity contribution is 5.94. The first-order valence-electron chi connectivity index (χ1n) is 12.0. The average Bonchev–Trinajstić information content (AvgIpc) is 3.28. The Balaban J connectivity index is 1.32. The topological polar surface area (TPSA) is 73.1 Å². The van der Waals surface area contributed by atoms with Crippen molar-refractivity contribution < 1.29 is 9.53 Å². The summed E-state index contributed by atoms with van der Waals surface area (Å²) in [4.78, 5) is 28.8. The minimum absolute atomic E-state index is 0.0453. The molecule has 3 heterocycles. The maximum absolute atomic E-state index is 13.5. The molecule has 7 heteroatoms. The van der Waals surface area contributed by atoms with Crippen LogP contribution < -0.4 is 4.74 Å². The van der Waals surface area contributed by atoms with Crippen molar-refractivity contribution in [3.63, 3.8) is 0 Å². The highest BCUT2D eigenvalue weighted by Gasteiger charge is 2.29. The molecule has 1 aliphatic heterocycles. The summed E-state index contributed by atoms with van der Waals surface area (Å²) < 4.78 is 8.19. The molecule has 0 N–H and O–H groups in total. The molecule has 1 aliphatic rings. The number of aryl methyl sites for hydroxylation is 2. The van der Waals surface area contributed by atoms with Gasteiger partial charge in [0.05, 0.1) is 0 Å². The first-order valence-corrected chi connectivity index (χ1v) is 12.0. The van der Waals surface area contributed by atoms with Crippen LogP contribution in [-0.2, 0) is 6.54 Å². The molecule has 0 unspecified atom stereocenters. The lowest BCUT2D eigenvalue weighted by Gasteiger charge is -2.33. The highest BCUT2D eigenvalue weighted by Crippen LogP contribution is 2.33. The van der Waals surface area contributed by atoms with Gasteiger partial charge in [0.2, 0.25) is 5.88 Å². The van der Waals surface area contributed by atoms with Crippen LogP contribution in [0.1, 0.15) is 51.8 Å². The first kappa shape index (κ1) is 22.8. The van der Waals surface area contributed by atoms with Gasteiger partial charge < -0.3 is 14.2 Å². The van der Waals surface area contributed by atoms with Crippen molar-refractivity contribution in [3.05, 3.63) is 102 Å². The third-order valence-electron chi connectivity index (χ3n) is 6.44. The summed E-state index contributed by atoms with van der Waals surface area (Å²) in [6, 6.07) is 15.8. The number of ether oxygens (including phenoxy) is 1. The Morgan fingerprint density at radius 1 is 1.03 bits per heavy atom. The van der Waals surface area contributed by atoms with Crippen LogP contribution in [0.4, 0.5) is 0 Å². The van der Waals surface area contributed by atoms with Crippen molar-refractivity contribution in [1.29, 1.82) is 0 Å². The number of carbonyl (C=O) groups excluding carboxylic acids is 1. The number of rotatable bonds is 6. The van der Waals surface area contributed by atoms with E-state index in [4.69, 9.17) is 4.74 Å². The fraction of sp³-hybridized carbons (Fsp3) is 0.286. The van der Waals surface area contributed by atoms with Gasteiger partial charge in [-0.25, -0.2) is 9.97 Å². The van der Waals surface area contributed by atoms with E-state index in [0.29, 0.717) is 24.5 Å². The molecule has 0 radical (unpaired) electrons. The van der Waals surface area contributed by atoms with E-state index in [0.717, 1.165) is 47.8 Å². The van der Waals surface area contributed by atoms with Crippen LogP contribution in [0.25, 0.3) is 0 Å². The number of carbonyl (C=O) groups is 1. The highest BCUT2D eigenvalue weighted by atomic mass is 16.5. The SMILES string of the molecule is Cc1cccc(Oc2nccnc2[C@@H]2CCCN(C(=O)c3cccc(Cn4ccnc4C)c3)C2)c1. The van der Waals surface area contributed by atoms with Crippen molar-refractivity contribution in [1.82, 2.24) is 24.4 Å². The Labute approximate surface area is 205 Å². The van der Waals surface area contributed by atoms with E-state index in [1.54, 1.807) is 18.6 Å². The van der Waals surface area contributed by atoms with Gasteiger partial charge in [-0.05, 0) is 62.1 Å². The zero-order chi connectivity index (χ0) is 24.2. The lowest BCUT2D eigenvalue weighted by atomic mass is 9.94. The Bertz CT molecular complexity index is 1330. The summed E-state index contributed by atoms with van der Waals surface area (Å²) in [5, 5.41) is 0. The largest absolute Gasteiger partial charge is 0.437 e. The van der Waals surface area contributed by atoms with E-state index in [2.05, 4.69) is 19.5 Å². The fourth-order valence-electron chi connectivity index (χ4n) is 4.62. The third kappa shape index (κ3) is 5.24. The lowest BCUT2D eigenvalue weighted by Crippen LogP contribution is -2.39. The van der Waals surface area contributed by atoms with Crippen LogP contribution in [-0.4, -0.2) is 43.4 Å². The summed E-state index contributed by atoms with van der Waals surface area (Å²) in [6.45, 7) is 6.02. The molecule has 2 aromatic carbocycles. The molecule has 1 atom stereocenters. The van der Waals surface area contributed by atoms with Gasteiger partial charge in [-0.15, -0.1) is 0 Å². The summed E-state index contributed by atoms with van der Waals surface area (Å²) in [6.07, 6.45) is 8.93. The quantitative estimate of drug-likeness (QED) is 0.392. The number of imidazole rings is 1. The molecule has 0 bridgehead atoms. The number of hydrogen-bond donors (Lipinski definition) is 0. The molecule has 0 aliphatic carbocycles. The van der Waals surface area contributed by atoms with Crippen LogP contribution in [0.5, 0.6) is 11.6 Å². The van der Waals surface area contributed by atoms with Crippen LogP contribution in [0.2, 0.25) is 0 Å². The third-order valence-corrected chi connectivity index (χ3v) is 6.44. The van der Waals surface area contributed by atoms with Crippen molar-refractivity contribution in [3.8, 4) is 11.6 Å². The fourth-order valence-corrected chi connectivity index (χ4v) is 4.62. The molecule has 0 spiro atoms. The molecule has 1 fully saturated rings. The molecule has 1 amide bonds. The zero-order valence-corrected chi connectivity index (χ0v) is 20.1. The van der Waals surface area contributed by atoms with Gasteiger partial charge in [0.25, 0.3) is 5.91 Å². The molecular formula is C28H29N5O2. The summed E-state index contributed by atoms with van der Waals surface area (Å²) in [5.41, 5.74) is 3.70. The first-order chi connectivity index (χ1) is 17.1. The molecule has 178 valence electrons. The number of hydrogen-bond acceptors (Lipinski definition) is 5. The van der Waals surface area contributed by atoms with Crippen molar-refractivity contribution >= 4 is 5.91 Å². The summed E-state index contributed by atoms with van der Waals surface area (Å²) in [7, 11) is 0. The lowest BCUT2D eigenvalue weighted by molar-refractivity contribution is 0.0704. The minimum Gasteiger partial charge on any atom is -0.437 e. The smallest absolute Gasteiger partial charge is 0.253 e. The second kappa shape index (κ2) is 10.1. The number of aromatic nitrogens is 4. The van der Waals surface area contributed by atoms with E-state index in [1.807, 2.05) is 73.5 Å². The van der Waals surface area contributed by atoms with Crippen LogP contribution >= 0.6 is 0 Å². The van der Waals surface area contributed by atoms with Crippen LogP contribution in [0, 0.1) is 13.8 Å². The van der Waals surface area contributed by atoms with Crippen molar-refractivity contribution in [2.45, 2.75) is 39.2 Å². The van der Waals surface area contributed by atoms with Gasteiger partial charge in [0.1, 0.15) is 17.3 Å². The number of likely N-dealkylation sites (tertiary alicyclic amines) is 1. The maximum atomic E-state index is 13.5. The standard InChI is InChI=1S/C28H29N5O2/c1-20-6-3-10-25(16-20)35-27-26(30-11-12-31-27)24-9-5-14-33(19-24)28(34)23-8-4-7-22(17-23)18-32-15-13-29-21(32)2/h3-4,6-8,10-13,15-17,24H,5,9,14,18-19H2,1-2H3/t24-/m1/s1. The summed E-state index contributed by atoms with van der Waals surface area (Å²) in [5.74, 6) is 2.31. The van der Waals surface area contributed by atoms with Gasteiger partial charge in [-0.2, -0.15) is 0 Å². The Morgan fingerprint density at radius 3 is 2.71 bits per heavy atom. The Kier molecular flexibility index (Phi) is 6.57. The molecule has 2 aromatic heterocycles. The molecule has 5 rings (SSSR count). The van der Waals surface area contributed by atoms with E-state index >= 15 is 0 Å². The Morgan fingerprint density at radius 2 is 1.89 bits per heavy atom. The number of nitrogens with zero attached hydrogens (tertiary/aromatic N) is 5. The molecule has 4 aromatic rings. The minimum atomic E-state index is 0.0453.